The quantitative estimate of drug-likeness (QED) is 0.575. The minimum Gasteiger partial charge on any atom is -0.330 e. The van der Waals surface area contributed by atoms with E-state index in [9.17, 15) is 0 Å². The summed E-state index contributed by atoms with van der Waals surface area (Å²) in [4.78, 5) is 3.85. The zero-order chi connectivity index (χ0) is 9.68. The molecule has 0 saturated heterocycles. The third-order valence-corrected chi connectivity index (χ3v) is 1.81. The number of aromatic nitrogens is 1. The van der Waals surface area contributed by atoms with E-state index in [1.54, 1.807) is 12.1 Å². The highest BCUT2D eigenvalue weighted by Gasteiger charge is 1.98. The highest BCUT2D eigenvalue weighted by molar-refractivity contribution is 6.33. The summed E-state index contributed by atoms with van der Waals surface area (Å²) in [6.45, 7) is 0.547. The van der Waals surface area contributed by atoms with Crippen molar-refractivity contribution < 1.29 is 0 Å². The number of hydrogen-bond acceptors (Lipinski definition) is 2. The maximum atomic E-state index is 5.78. The van der Waals surface area contributed by atoms with Gasteiger partial charge in [-0.3, -0.25) is 0 Å². The fraction of sp³-hybridized carbons (Fsp3) is 0.222. The second-order valence-corrected chi connectivity index (χ2v) is 3.06. The fourth-order valence-corrected chi connectivity index (χ4v) is 1.13. The molecule has 2 nitrogen and oxygen atoms in total. The molecular formula is C9H8Cl2N2. The van der Waals surface area contributed by atoms with E-state index in [0.29, 0.717) is 28.8 Å². The molecule has 68 valence electrons. The van der Waals surface area contributed by atoms with Crippen LogP contribution < -0.4 is 5.73 Å². The van der Waals surface area contributed by atoms with Gasteiger partial charge in [0, 0.05) is 13.0 Å². The van der Waals surface area contributed by atoms with Crippen molar-refractivity contribution in [1.29, 1.82) is 0 Å². The van der Waals surface area contributed by atoms with Crippen molar-refractivity contribution in [2.75, 3.05) is 6.54 Å². The first-order valence-electron chi connectivity index (χ1n) is 3.75. The van der Waals surface area contributed by atoms with Crippen LogP contribution in [0.15, 0.2) is 12.1 Å². The van der Waals surface area contributed by atoms with Crippen LogP contribution in [0, 0.1) is 11.8 Å². The molecule has 2 N–H and O–H groups in total. The van der Waals surface area contributed by atoms with Crippen LogP contribution in [0.5, 0.6) is 0 Å². The molecule has 0 amide bonds. The Hall–Kier alpha value is -0.750. The first-order chi connectivity index (χ1) is 6.24. The van der Waals surface area contributed by atoms with Gasteiger partial charge in [-0.2, -0.15) is 0 Å². The van der Waals surface area contributed by atoms with Gasteiger partial charge in [0.05, 0.1) is 5.56 Å². The van der Waals surface area contributed by atoms with Crippen LogP contribution in [0.3, 0.4) is 0 Å². The van der Waals surface area contributed by atoms with Crippen molar-refractivity contribution in [3.8, 4) is 11.8 Å². The van der Waals surface area contributed by atoms with Crippen molar-refractivity contribution in [1.82, 2.24) is 4.98 Å². The second kappa shape index (κ2) is 5.08. The molecule has 0 saturated carbocycles. The number of nitrogens with zero attached hydrogens (tertiary/aromatic N) is 1. The smallest absolute Gasteiger partial charge is 0.146 e. The zero-order valence-electron chi connectivity index (χ0n) is 6.85. The van der Waals surface area contributed by atoms with Crippen LogP contribution in [0.25, 0.3) is 0 Å². The largest absolute Gasteiger partial charge is 0.330 e. The Morgan fingerprint density at radius 2 is 2.15 bits per heavy atom. The monoisotopic (exact) mass is 214 g/mol. The second-order valence-electron chi connectivity index (χ2n) is 2.31. The molecule has 0 unspecified atom stereocenters. The standard InChI is InChI=1S/C9H8Cl2N2/c10-8-5-4-7(9(11)13-8)3-1-2-6-12/h4-5H,2,6,12H2. The van der Waals surface area contributed by atoms with Gasteiger partial charge in [-0.15, -0.1) is 0 Å². The maximum Gasteiger partial charge on any atom is 0.146 e. The Morgan fingerprint density at radius 3 is 2.77 bits per heavy atom. The number of hydrogen-bond donors (Lipinski definition) is 1. The molecule has 0 bridgehead atoms. The molecule has 0 spiro atoms. The summed E-state index contributed by atoms with van der Waals surface area (Å²) < 4.78 is 0. The number of halogens is 2. The summed E-state index contributed by atoms with van der Waals surface area (Å²) in [5, 5.41) is 0.700. The summed E-state index contributed by atoms with van der Waals surface area (Å²) in [7, 11) is 0. The first-order valence-corrected chi connectivity index (χ1v) is 4.50. The van der Waals surface area contributed by atoms with Crippen molar-refractivity contribution in [3.63, 3.8) is 0 Å². The van der Waals surface area contributed by atoms with Crippen LogP contribution in [-0.4, -0.2) is 11.5 Å². The zero-order valence-corrected chi connectivity index (χ0v) is 8.36. The summed E-state index contributed by atoms with van der Waals surface area (Å²) in [5.41, 5.74) is 5.96. The molecule has 0 aliphatic heterocycles. The van der Waals surface area contributed by atoms with Crippen molar-refractivity contribution in [2.45, 2.75) is 6.42 Å². The first kappa shape index (κ1) is 10.3. The van der Waals surface area contributed by atoms with E-state index in [1.165, 1.54) is 0 Å². The summed E-state index contributed by atoms with van der Waals surface area (Å²) >= 11 is 11.4. The molecule has 0 aliphatic rings. The topological polar surface area (TPSA) is 38.9 Å². The molecule has 0 aromatic carbocycles. The van der Waals surface area contributed by atoms with Crippen LogP contribution in [-0.2, 0) is 0 Å². The Labute approximate surface area is 87.1 Å². The molecule has 0 aliphatic carbocycles. The fourth-order valence-electron chi connectivity index (χ4n) is 0.735. The van der Waals surface area contributed by atoms with Gasteiger partial charge in [0.15, 0.2) is 0 Å². The minimum absolute atomic E-state index is 0.331. The van der Waals surface area contributed by atoms with Gasteiger partial charge < -0.3 is 5.73 Å². The lowest BCUT2D eigenvalue weighted by atomic mass is 10.3. The highest BCUT2D eigenvalue weighted by Crippen LogP contribution is 2.15. The lowest BCUT2D eigenvalue weighted by Crippen LogP contribution is -1.95. The van der Waals surface area contributed by atoms with Crippen LogP contribution in [0.1, 0.15) is 12.0 Å². The van der Waals surface area contributed by atoms with Crippen LogP contribution in [0.4, 0.5) is 0 Å². The predicted octanol–water partition coefficient (Wildman–Crippen LogP) is 2.09. The molecule has 1 rings (SSSR count). The van der Waals surface area contributed by atoms with Gasteiger partial charge in [0.2, 0.25) is 0 Å². The van der Waals surface area contributed by atoms with E-state index in [1.807, 2.05) is 0 Å². The summed E-state index contributed by atoms with van der Waals surface area (Å²) in [6, 6.07) is 3.39. The van der Waals surface area contributed by atoms with Gasteiger partial charge in [-0.05, 0) is 12.1 Å². The minimum atomic E-state index is 0.331. The van der Waals surface area contributed by atoms with Crippen molar-refractivity contribution in [3.05, 3.63) is 28.0 Å². The summed E-state index contributed by atoms with van der Waals surface area (Å²) in [6.07, 6.45) is 0.652. The SMILES string of the molecule is NCCC#Cc1ccc(Cl)nc1Cl. The number of pyridine rings is 1. The average molecular weight is 215 g/mol. The third-order valence-electron chi connectivity index (χ3n) is 1.31. The predicted molar refractivity (Wildman–Crippen MR) is 54.8 cm³/mol. The van der Waals surface area contributed by atoms with E-state index < -0.39 is 0 Å². The number of rotatable bonds is 1. The molecule has 0 atom stereocenters. The molecule has 0 fully saturated rings. The number of nitrogens with two attached hydrogens (primary N) is 1. The Kier molecular flexibility index (Phi) is 4.04. The summed E-state index contributed by atoms with van der Waals surface area (Å²) in [5.74, 6) is 5.73. The molecule has 1 heterocycles. The van der Waals surface area contributed by atoms with Gasteiger partial charge in [0.1, 0.15) is 10.3 Å². The third kappa shape index (κ3) is 3.23. The van der Waals surface area contributed by atoms with Crippen molar-refractivity contribution >= 4 is 23.2 Å². The average Bonchev–Trinajstić information content (AvgIpc) is 2.09. The molecule has 13 heavy (non-hydrogen) atoms. The van der Waals surface area contributed by atoms with Crippen molar-refractivity contribution in [2.24, 2.45) is 5.73 Å². The Balaban J connectivity index is 2.85. The highest BCUT2D eigenvalue weighted by atomic mass is 35.5. The molecular weight excluding hydrogens is 207 g/mol. The van der Waals surface area contributed by atoms with E-state index >= 15 is 0 Å². The Morgan fingerprint density at radius 1 is 1.38 bits per heavy atom. The van der Waals surface area contributed by atoms with E-state index in [0.717, 1.165) is 0 Å². The van der Waals surface area contributed by atoms with Gasteiger partial charge in [-0.1, -0.05) is 35.0 Å². The lowest BCUT2D eigenvalue weighted by Gasteiger charge is -1.94. The van der Waals surface area contributed by atoms with Crippen LogP contribution >= 0.6 is 23.2 Å². The van der Waals surface area contributed by atoms with E-state index in [-0.39, 0.29) is 0 Å². The van der Waals surface area contributed by atoms with Crippen LogP contribution in [0.2, 0.25) is 10.3 Å². The lowest BCUT2D eigenvalue weighted by molar-refractivity contribution is 1.03. The maximum absolute atomic E-state index is 5.78. The molecule has 0 radical (unpaired) electrons. The normalized spacial score (nSPS) is 9.15. The Bertz CT molecular complexity index is 352. The van der Waals surface area contributed by atoms with Gasteiger partial charge in [-0.25, -0.2) is 4.98 Å². The molecule has 1 aromatic rings. The molecule has 1 aromatic heterocycles. The van der Waals surface area contributed by atoms with Gasteiger partial charge in [0.25, 0.3) is 0 Å². The van der Waals surface area contributed by atoms with Gasteiger partial charge >= 0.3 is 0 Å². The van der Waals surface area contributed by atoms with E-state index in [2.05, 4.69) is 16.8 Å². The van der Waals surface area contributed by atoms with E-state index in [4.69, 9.17) is 28.9 Å². The molecule has 4 heteroatoms.